The molecule has 0 heterocycles. The fraction of sp³-hybridized carbons (Fsp3) is 0.364. The zero-order chi connectivity index (χ0) is 14.6. The Hall–Kier alpha value is -1.34. The molecule has 0 fully saturated rings. The molecule has 106 valence electrons. The van der Waals surface area contributed by atoms with E-state index in [1.165, 1.54) is 6.07 Å². The average Bonchev–Trinajstić information content (AvgIpc) is 2.10. The van der Waals surface area contributed by atoms with Crippen molar-refractivity contribution in [3.8, 4) is 0 Å². The first-order chi connectivity index (χ1) is 8.65. The van der Waals surface area contributed by atoms with Gasteiger partial charge in [-0.15, -0.1) is 0 Å². The van der Waals surface area contributed by atoms with Gasteiger partial charge in [0.05, 0.1) is 13.1 Å². The van der Waals surface area contributed by atoms with Gasteiger partial charge in [0.15, 0.2) is 0 Å². The van der Waals surface area contributed by atoms with Gasteiger partial charge in [0.2, 0.25) is 0 Å². The summed E-state index contributed by atoms with van der Waals surface area (Å²) in [6.45, 7) is -2.55. The molecule has 1 rings (SSSR count). The molecule has 3 nitrogen and oxygen atoms in total. The molecular weight excluding hydrogens is 290 g/mol. The third kappa shape index (κ3) is 6.40. The number of alkyl halides is 3. The Balaban J connectivity index is 2.84. The maximum atomic E-state index is 13.0. The maximum Gasteiger partial charge on any atom is 0.401 e. The van der Waals surface area contributed by atoms with E-state index in [1.807, 2.05) is 0 Å². The molecule has 0 atom stereocenters. The summed E-state index contributed by atoms with van der Waals surface area (Å²) >= 11 is 5.58. The Kier molecular flexibility index (Phi) is 5.13. The standard InChI is InChI=1S/C11H10ClF4NO2/c12-8-1-7(2-9(13)3-8)4-17(5-10(18)19)6-11(14,15)16/h1-3H,4-6H2,(H,18,19). The predicted molar refractivity (Wildman–Crippen MR) is 60.4 cm³/mol. The van der Waals surface area contributed by atoms with E-state index in [0.717, 1.165) is 12.1 Å². The molecule has 0 spiro atoms. The molecule has 0 aromatic heterocycles. The molecule has 1 aromatic carbocycles. The molecule has 0 aliphatic carbocycles. The second-order valence-corrected chi connectivity index (χ2v) is 4.37. The Morgan fingerprint density at radius 2 is 1.95 bits per heavy atom. The molecule has 1 aromatic rings. The smallest absolute Gasteiger partial charge is 0.401 e. The fourth-order valence-corrected chi connectivity index (χ4v) is 1.82. The lowest BCUT2D eigenvalue weighted by atomic mass is 10.2. The molecule has 1 N–H and O–H groups in total. The van der Waals surface area contributed by atoms with E-state index in [1.54, 1.807) is 0 Å². The second kappa shape index (κ2) is 6.21. The van der Waals surface area contributed by atoms with Crippen LogP contribution >= 0.6 is 11.6 Å². The minimum absolute atomic E-state index is 0.0392. The first-order valence-electron chi connectivity index (χ1n) is 5.11. The Labute approximate surface area is 111 Å². The van der Waals surface area contributed by atoms with Gasteiger partial charge in [-0.1, -0.05) is 11.6 Å². The van der Waals surface area contributed by atoms with E-state index >= 15 is 0 Å². The molecule has 0 amide bonds. The molecule has 19 heavy (non-hydrogen) atoms. The van der Waals surface area contributed by atoms with E-state index in [4.69, 9.17) is 16.7 Å². The van der Waals surface area contributed by atoms with E-state index in [-0.39, 0.29) is 17.1 Å². The number of rotatable bonds is 5. The lowest BCUT2D eigenvalue weighted by Crippen LogP contribution is -2.37. The van der Waals surface area contributed by atoms with E-state index in [0.29, 0.717) is 4.90 Å². The summed E-state index contributed by atoms with van der Waals surface area (Å²) in [7, 11) is 0. The summed E-state index contributed by atoms with van der Waals surface area (Å²) in [5, 5.41) is 8.60. The van der Waals surface area contributed by atoms with Crippen LogP contribution in [0.1, 0.15) is 5.56 Å². The lowest BCUT2D eigenvalue weighted by Gasteiger charge is -2.21. The van der Waals surface area contributed by atoms with Gasteiger partial charge in [0.1, 0.15) is 5.82 Å². The summed E-state index contributed by atoms with van der Waals surface area (Å²) < 4.78 is 49.9. The topological polar surface area (TPSA) is 40.5 Å². The van der Waals surface area contributed by atoms with Gasteiger partial charge in [-0.2, -0.15) is 13.2 Å². The molecule has 0 aliphatic rings. The Morgan fingerprint density at radius 1 is 1.32 bits per heavy atom. The minimum atomic E-state index is -4.54. The summed E-state index contributed by atoms with van der Waals surface area (Å²) in [4.78, 5) is 11.2. The fourth-order valence-electron chi connectivity index (χ4n) is 1.57. The van der Waals surface area contributed by atoms with Crippen LogP contribution in [0, 0.1) is 5.82 Å². The largest absolute Gasteiger partial charge is 0.480 e. The number of carbonyl (C=O) groups is 1. The van der Waals surface area contributed by atoms with Crippen molar-refractivity contribution in [3.63, 3.8) is 0 Å². The van der Waals surface area contributed by atoms with Gasteiger partial charge in [-0.25, -0.2) is 4.39 Å². The molecule has 0 saturated heterocycles. The molecule has 0 unspecified atom stereocenters. The highest BCUT2D eigenvalue weighted by Gasteiger charge is 2.31. The normalized spacial score (nSPS) is 11.9. The van der Waals surface area contributed by atoms with Gasteiger partial charge in [0, 0.05) is 11.6 Å². The second-order valence-electron chi connectivity index (χ2n) is 3.93. The zero-order valence-electron chi connectivity index (χ0n) is 9.55. The molecule has 8 heteroatoms. The lowest BCUT2D eigenvalue weighted by molar-refractivity contribution is -0.154. The van der Waals surface area contributed by atoms with Gasteiger partial charge in [-0.05, 0) is 23.8 Å². The molecule has 0 saturated carbocycles. The van der Waals surface area contributed by atoms with Gasteiger partial charge >= 0.3 is 12.1 Å². The Bertz CT molecular complexity index is 444. The minimum Gasteiger partial charge on any atom is -0.480 e. The van der Waals surface area contributed by atoms with Crippen LogP contribution in [0.3, 0.4) is 0 Å². The quantitative estimate of drug-likeness (QED) is 0.850. The van der Waals surface area contributed by atoms with E-state index in [9.17, 15) is 22.4 Å². The highest BCUT2D eigenvalue weighted by atomic mass is 35.5. The van der Waals surface area contributed by atoms with Crippen LogP contribution in [0.25, 0.3) is 0 Å². The third-order valence-electron chi connectivity index (χ3n) is 2.09. The zero-order valence-corrected chi connectivity index (χ0v) is 10.3. The summed E-state index contributed by atoms with van der Waals surface area (Å²) in [5.41, 5.74) is 0.176. The number of hydrogen-bond donors (Lipinski definition) is 1. The Morgan fingerprint density at radius 3 is 2.42 bits per heavy atom. The van der Waals surface area contributed by atoms with Crippen molar-refractivity contribution < 1.29 is 27.5 Å². The summed E-state index contributed by atoms with van der Waals surface area (Å²) in [5.74, 6) is -2.09. The third-order valence-corrected chi connectivity index (χ3v) is 2.31. The highest BCUT2D eigenvalue weighted by molar-refractivity contribution is 6.30. The molecule has 0 radical (unpaired) electrons. The van der Waals surface area contributed by atoms with Crippen LogP contribution in [0.2, 0.25) is 5.02 Å². The van der Waals surface area contributed by atoms with Crippen molar-refractivity contribution >= 4 is 17.6 Å². The van der Waals surface area contributed by atoms with E-state index < -0.39 is 31.1 Å². The van der Waals surface area contributed by atoms with Crippen molar-refractivity contribution in [2.24, 2.45) is 0 Å². The van der Waals surface area contributed by atoms with Gasteiger partial charge in [0.25, 0.3) is 0 Å². The van der Waals surface area contributed by atoms with Crippen molar-refractivity contribution in [1.29, 1.82) is 0 Å². The first kappa shape index (κ1) is 15.7. The number of hydrogen-bond acceptors (Lipinski definition) is 2. The van der Waals surface area contributed by atoms with Crippen molar-refractivity contribution in [1.82, 2.24) is 4.90 Å². The summed E-state index contributed by atoms with van der Waals surface area (Å²) in [6, 6.07) is 3.31. The maximum absolute atomic E-state index is 13.0. The molecular formula is C11H10ClF4NO2. The van der Waals surface area contributed by atoms with Crippen LogP contribution in [0.15, 0.2) is 18.2 Å². The van der Waals surface area contributed by atoms with Crippen LogP contribution in [-0.4, -0.2) is 35.2 Å². The van der Waals surface area contributed by atoms with Crippen LogP contribution < -0.4 is 0 Å². The highest BCUT2D eigenvalue weighted by Crippen LogP contribution is 2.20. The van der Waals surface area contributed by atoms with Gasteiger partial charge < -0.3 is 5.11 Å². The van der Waals surface area contributed by atoms with Crippen LogP contribution in [-0.2, 0) is 11.3 Å². The number of aliphatic carboxylic acids is 1. The number of halogens is 5. The predicted octanol–water partition coefficient (Wildman–Crippen LogP) is 2.93. The molecule has 0 bridgehead atoms. The number of benzene rings is 1. The van der Waals surface area contributed by atoms with Gasteiger partial charge in [-0.3, -0.25) is 9.69 Å². The number of carboxylic acids is 1. The van der Waals surface area contributed by atoms with E-state index in [2.05, 4.69) is 0 Å². The van der Waals surface area contributed by atoms with Crippen molar-refractivity contribution in [2.75, 3.05) is 13.1 Å². The number of nitrogens with zero attached hydrogens (tertiary/aromatic N) is 1. The average molecular weight is 300 g/mol. The number of carboxylic acid groups (broad SMARTS) is 1. The SMILES string of the molecule is O=C(O)CN(Cc1cc(F)cc(Cl)c1)CC(F)(F)F. The van der Waals surface area contributed by atoms with Crippen molar-refractivity contribution in [3.05, 3.63) is 34.6 Å². The van der Waals surface area contributed by atoms with Crippen molar-refractivity contribution in [2.45, 2.75) is 12.7 Å². The van der Waals surface area contributed by atoms with Crippen LogP contribution in [0.5, 0.6) is 0 Å². The monoisotopic (exact) mass is 299 g/mol. The molecule has 0 aliphatic heterocycles. The van der Waals surface area contributed by atoms with Crippen LogP contribution in [0.4, 0.5) is 17.6 Å². The summed E-state index contributed by atoms with van der Waals surface area (Å²) in [6.07, 6.45) is -4.54. The first-order valence-corrected chi connectivity index (χ1v) is 5.49.